The van der Waals surface area contributed by atoms with Crippen LogP contribution in [-0.2, 0) is 11.3 Å². The number of hydrogen-bond acceptors (Lipinski definition) is 2. The summed E-state index contributed by atoms with van der Waals surface area (Å²) in [4.78, 5) is 0.644. The van der Waals surface area contributed by atoms with Crippen LogP contribution in [0.25, 0.3) is 0 Å². The second-order valence-electron chi connectivity index (χ2n) is 4.33. The first-order chi connectivity index (χ1) is 7.75. The number of benzene rings is 1. The third-order valence-corrected chi connectivity index (χ3v) is 3.45. The summed E-state index contributed by atoms with van der Waals surface area (Å²) < 4.78 is 5.85. The van der Waals surface area contributed by atoms with Gasteiger partial charge in [-0.2, -0.15) is 0 Å². The molecular formula is C13H17NOS. The SMILES string of the molecule is NC(=S)C1CCC(OCc2ccccc2)C1. The van der Waals surface area contributed by atoms with Crippen LogP contribution in [-0.4, -0.2) is 11.1 Å². The lowest BCUT2D eigenvalue weighted by atomic mass is 10.1. The molecule has 2 nitrogen and oxygen atoms in total. The number of ether oxygens (including phenoxy) is 1. The minimum atomic E-state index is 0.326. The molecule has 1 aliphatic rings. The highest BCUT2D eigenvalue weighted by molar-refractivity contribution is 7.80. The topological polar surface area (TPSA) is 35.2 Å². The Morgan fingerprint density at radius 2 is 2.06 bits per heavy atom. The maximum Gasteiger partial charge on any atom is 0.0759 e. The molecule has 1 fully saturated rings. The maximum absolute atomic E-state index is 5.85. The van der Waals surface area contributed by atoms with Gasteiger partial charge in [-0.15, -0.1) is 0 Å². The van der Waals surface area contributed by atoms with Crippen molar-refractivity contribution < 1.29 is 4.74 Å². The first-order valence-electron chi connectivity index (χ1n) is 5.70. The molecule has 3 heteroatoms. The van der Waals surface area contributed by atoms with Gasteiger partial charge in [0, 0.05) is 5.92 Å². The van der Waals surface area contributed by atoms with E-state index in [0.29, 0.717) is 23.6 Å². The molecule has 0 radical (unpaired) electrons. The zero-order valence-electron chi connectivity index (χ0n) is 9.26. The van der Waals surface area contributed by atoms with Gasteiger partial charge in [0.05, 0.1) is 17.7 Å². The molecule has 0 bridgehead atoms. The third-order valence-electron chi connectivity index (χ3n) is 3.12. The molecule has 2 atom stereocenters. The van der Waals surface area contributed by atoms with E-state index in [1.165, 1.54) is 5.56 Å². The molecule has 2 N–H and O–H groups in total. The van der Waals surface area contributed by atoms with Gasteiger partial charge >= 0.3 is 0 Å². The molecule has 1 aromatic carbocycles. The number of thiocarbonyl (C=S) groups is 1. The van der Waals surface area contributed by atoms with Crippen LogP contribution in [0.3, 0.4) is 0 Å². The Morgan fingerprint density at radius 3 is 2.69 bits per heavy atom. The smallest absolute Gasteiger partial charge is 0.0759 e. The molecular weight excluding hydrogens is 218 g/mol. The molecule has 0 amide bonds. The Kier molecular flexibility index (Phi) is 3.91. The van der Waals surface area contributed by atoms with Crippen LogP contribution in [0, 0.1) is 5.92 Å². The molecule has 1 aromatic rings. The Labute approximate surface area is 102 Å². The first kappa shape index (κ1) is 11.6. The molecule has 86 valence electrons. The zero-order valence-corrected chi connectivity index (χ0v) is 10.1. The Bertz CT molecular complexity index is 352. The largest absolute Gasteiger partial charge is 0.393 e. The maximum atomic E-state index is 5.85. The van der Waals surface area contributed by atoms with E-state index in [0.717, 1.165) is 19.3 Å². The predicted molar refractivity (Wildman–Crippen MR) is 69.1 cm³/mol. The monoisotopic (exact) mass is 235 g/mol. The summed E-state index contributed by atoms with van der Waals surface area (Å²) in [6, 6.07) is 10.2. The van der Waals surface area contributed by atoms with E-state index in [1.54, 1.807) is 0 Å². The lowest BCUT2D eigenvalue weighted by Gasteiger charge is -2.12. The van der Waals surface area contributed by atoms with Crippen molar-refractivity contribution >= 4 is 17.2 Å². The van der Waals surface area contributed by atoms with E-state index in [9.17, 15) is 0 Å². The van der Waals surface area contributed by atoms with Crippen molar-refractivity contribution in [3.8, 4) is 0 Å². The summed E-state index contributed by atoms with van der Waals surface area (Å²) >= 11 is 5.01. The number of rotatable bonds is 4. The molecule has 0 spiro atoms. The molecule has 1 aliphatic carbocycles. The lowest BCUT2D eigenvalue weighted by Crippen LogP contribution is -2.19. The van der Waals surface area contributed by atoms with Gasteiger partial charge in [-0.3, -0.25) is 0 Å². The van der Waals surface area contributed by atoms with Gasteiger partial charge in [0.1, 0.15) is 0 Å². The van der Waals surface area contributed by atoms with E-state index in [4.69, 9.17) is 22.7 Å². The summed E-state index contributed by atoms with van der Waals surface area (Å²) in [6.07, 6.45) is 3.47. The van der Waals surface area contributed by atoms with Gasteiger partial charge in [-0.05, 0) is 24.8 Å². The fraction of sp³-hybridized carbons (Fsp3) is 0.462. The molecule has 1 saturated carbocycles. The van der Waals surface area contributed by atoms with E-state index >= 15 is 0 Å². The van der Waals surface area contributed by atoms with Crippen LogP contribution >= 0.6 is 12.2 Å². The third kappa shape index (κ3) is 3.03. The molecule has 0 heterocycles. The highest BCUT2D eigenvalue weighted by atomic mass is 32.1. The Hall–Kier alpha value is -0.930. The number of nitrogens with two attached hydrogens (primary N) is 1. The van der Waals surface area contributed by atoms with Gasteiger partial charge in [-0.25, -0.2) is 0 Å². The average Bonchev–Trinajstić information content (AvgIpc) is 2.76. The summed E-state index contributed by atoms with van der Waals surface area (Å²) in [7, 11) is 0. The first-order valence-corrected chi connectivity index (χ1v) is 6.11. The second kappa shape index (κ2) is 5.41. The molecule has 0 saturated heterocycles. The summed E-state index contributed by atoms with van der Waals surface area (Å²) in [5, 5.41) is 0. The van der Waals surface area contributed by atoms with Crippen molar-refractivity contribution in [2.45, 2.75) is 32.0 Å². The van der Waals surface area contributed by atoms with Crippen LogP contribution in [0.15, 0.2) is 30.3 Å². The standard InChI is InChI=1S/C13H17NOS/c14-13(16)11-6-7-12(8-11)15-9-10-4-2-1-3-5-10/h1-5,11-12H,6-9H2,(H2,14,16). The van der Waals surface area contributed by atoms with Crippen LogP contribution in [0.5, 0.6) is 0 Å². The van der Waals surface area contributed by atoms with Crippen LogP contribution in [0.2, 0.25) is 0 Å². The van der Waals surface area contributed by atoms with Gasteiger partial charge in [0.2, 0.25) is 0 Å². The summed E-state index contributed by atoms with van der Waals surface area (Å²) in [6.45, 7) is 0.690. The molecule has 0 aliphatic heterocycles. The molecule has 0 aromatic heterocycles. The fourth-order valence-corrected chi connectivity index (χ4v) is 2.35. The van der Waals surface area contributed by atoms with Crippen molar-refractivity contribution in [1.29, 1.82) is 0 Å². The van der Waals surface area contributed by atoms with Crippen molar-refractivity contribution in [3.63, 3.8) is 0 Å². The van der Waals surface area contributed by atoms with Gasteiger partial charge in [0.25, 0.3) is 0 Å². The van der Waals surface area contributed by atoms with Gasteiger partial charge < -0.3 is 10.5 Å². The molecule has 2 rings (SSSR count). The van der Waals surface area contributed by atoms with Crippen molar-refractivity contribution in [2.24, 2.45) is 11.7 Å². The quantitative estimate of drug-likeness (QED) is 0.815. The normalized spacial score (nSPS) is 24.5. The van der Waals surface area contributed by atoms with Crippen molar-refractivity contribution in [3.05, 3.63) is 35.9 Å². The highest BCUT2D eigenvalue weighted by Crippen LogP contribution is 2.28. The van der Waals surface area contributed by atoms with Crippen LogP contribution in [0.4, 0.5) is 0 Å². The summed E-state index contributed by atoms with van der Waals surface area (Å²) in [5.74, 6) is 0.385. The predicted octanol–water partition coefficient (Wildman–Crippen LogP) is 2.66. The minimum Gasteiger partial charge on any atom is -0.393 e. The van der Waals surface area contributed by atoms with E-state index in [2.05, 4.69) is 12.1 Å². The fourth-order valence-electron chi connectivity index (χ4n) is 2.14. The van der Waals surface area contributed by atoms with Crippen molar-refractivity contribution in [1.82, 2.24) is 0 Å². The van der Waals surface area contributed by atoms with E-state index < -0.39 is 0 Å². The molecule has 2 unspecified atom stereocenters. The average molecular weight is 235 g/mol. The van der Waals surface area contributed by atoms with Gasteiger partial charge in [0.15, 0.2) is 0 Å². The minimum absolute atomic E-state index is 0.326. The van der Waals surface area contributed by atoms with Crippen LogP contribution < -0.4 is 5.73 Å². The van der Waals surface area contributed by atoms with Crippen LogP contribution in [0.1, 0.15) is 24.8 Å². The van der Waals surface area contributed by atoms with E-state index in [1.807, 2.05) is 18.2 Å². The Morgan fingerprint density at radius 1 is 1.31 bits per heavy atom. The summed E-state index contributed by atoms with van der Waals surface area (Å²) in [5.41, 5.74) is 6.87. The van der Waals surface area contributed by atoms with Gasteiger partial charge in [-0.1, -0.05) is 42.5 Å². The lowest BCUT2D eigenvalue weighted by molar-refractivity contribution is 0.0445. The zero-order chi connectivity index (χ0) is 11.4. The van der Waals surface area contributed by atoms with Crippen molar-refractivity contribution in [2.75, 3.05) is 0 Å². The van der Waals surface area contributed by atoms with E-state index in [-0.39, 0.29) is 0 Å². The highest BCUT2D eigenvalue weighted by Gasteiger charge is 2.26. The number of hydrogen-bond donors (Lipinski definition) is 1. The Balaban J connectivity index is 1.78. The second-order valence-corrected chi connectivity index (χ2v) is 4.80. The molecule has 16 heavy (non-hydrogen) atoms.